The van der Waals surface area contributed by atoms with Gasteiger partial charge in [-0.25, -0.2) is 4.98 Å². The Balaban J connectivity index is 2.50. The number of aromatic nitrogens is 1. The first-order chi connectivity index (χ1) is 9.69. The molecule has 1 aromatic carbocycles. The number of anilines is 1. The van der Waals surface area contributed by atoms with Crippen molar-refractivity contribution in [2.24, 2.45) is 5.92 Å². The van der Waals surface area contributed by atoms with Gasteiger partial charge in [-0.3, -0.25) is 4.79 Å². The summed E-state index contributed by atoms with van der Waals surface area (Å²) in [5.74, 6) is 0.547. The lowest BCUT2D eigenvalue weighted by Crippen LogP contribution is -2.29. The first-order valence-electron chi connectivity index (χ1n) is 6.69. The van der Waals surface area contributed by atoms with Gasteiger partial charge in [0.1, 0.15) is 5.82 Å². The van der Waals surface area contributed by atoms with E-state index in [1.54, 1.807) is 0 Å². The summed E-state index contributed by atoms with van der Waals surface area (Å²) < 4.78 is 0. The molecule has 1 atom stereocenters. The lowest BCUT2D eigenvalue weighted by Gasteiger charge is -2.24. The van der Waals surface area contributed by atoms with E-state index >= 15 is 0 Å². The molecule has 1 unspecified atom stereocenters. The second-order valence-corrected chi connectivity index (χ2v) is 4.78. The lowest BCUT2D eigenvalue weighted by molar-refractivity contribution is 0.112. The standard InChI is InChI=1S/C16H17N3O/c1-3-19(10-12(2)9-17)16-14(11-20)8-13-6-4-5-7-15(13)18-16/h4-8,11-12H,3,10H2,1-2H3. The molecule has 2 aromatic rings. The van der Waals surface area contributed by atoms with Crippen molar-refractivity contribution in [3.63, 3.8) is 0 Å². The summed E-state index contributed by atoms with van der Waals surface area (Å²) in [5, 5.41) is 9.90. The van der Waals surface area contributed by atoms with Crippen LogP contribution in [0.1, 0.15) is 24.2 Å². The van der Waals surface area contributed by atoms with Gasteiger partial charge in [-0.15, -0.1) is 0 Å². The van der Waals surface area contributed by atoms with Crippen LogP contribution in [0.5, 0.6) is 0 Å². The first-order valence-corrected chi connectivity index (χ1v) is 6.69. The van der Waals surface area contributed by atoms with Gasteiger partial charge in [0.2, 0.25) is 0 Å². The number of fused-ring (bicyclic) bond motifs is 1. The zero-order chi connectivity index (χ0) is 14.5. The topological polar surface area (TPSA) is 57.0 Å². The van der Waals surface area contributed by atoms with E-state index < -0.39 is 0 Å². The molecule has 0 radical (unpaired) electrons. The van der Waals surface area contributed by atoms with Crippen LogP contribution in [0.15, 0.2) is 30.3 Å². The number of pyridine rings is 1. The van der Waals surface area contributed by atoms with E-state index in [0.29, 0.717) is 24.5 Å². The molecule has 2 rings (SSSR count). The molecule has 0 aliphatic carbocycles. The number of carbonyl (C=O) groups excluding carboxylic acids is 1. The van der Waals surface area contributed by atoms with Crippen molar-refractivity contribution < 1.29 is 4.79 Å². The van der Waals surface area contributed by atoms with Gasteiger partial charge in [0, 0.05) is 18.5 Å². The average molecular weight is 267 g/mol. The van der Waals surface area contributed by atoms with Crippen molar-refractivity contribution in [2.45, 2.75) is 13.8 Å². The third-order valence-electron chi connectivity index (χ3n) is 3.26. The molecule has 0 aliphatic rings. The number of hydrogen-bond acceptors (Lipinski definition) is 4. The fourth-order valence-corrected chi connectivity index (χ4v) is 2.20. The second-order valence-electron chi connectivity index (χ2n) is 4.78. The van der Waals surface area contributed by atoms with E-state index in [1.165, 1.54) is 0 Å². The zero-order valence-corrected chi connectivity index (χ0v) is 11.7. The number of nitriles is 1. The van der Waals surface area contributed by atoms with Crippen molar-refractivity contribution in [3.05, 3.63) is 35.9 Å². The van der Waals surface area contributed by atoms with Crippen LogP contribution in [0.25, 0.3) is 10.9 Å². The number of rotatable bonds is 5. The Labute approximate surface area is 118 Å². The molecule has 0 amide bonds. The lowest BCUT2D eigenvalue weighted by atomic mass is 10.1. The summed E-state index contributed by atoms with van der Waals surface area (Å²) in [6.45, 7) is 5.14. The SMILES string of the molecule is CCN(CC(C)C#N)c1nc2ccccc2cc1C=O. The molecule has 0 N–H and O–H groups in total. The minimum Gasteiger partial charge on any atom is -0.355 e. The molecule has 1 heterocycles. The van der Waals surface area contributed by atoms with Gasteiger partial charge in [0.05, 0.1) is 23.1 Å². The molecule has 4 heteroatoms. The predicted molar refractivity (Wildman–Crippen MR) is 79.8 cm³/mol. The van der Waals surface area contributed by atoms with Gasteiger partial charge >= 0.3 is 0 Å². The van der Waals surface area contributed by atoms with Crippen LogP contribution in [0.4, 0.5) is 5.82 Å². The van der Waals surface area contributed by atoms with Crippen LogP contribution in [-0.2, 0) is 0 Å². The molecule has 20 heavy (non-hydrogen) atoms. The molecule has 0 saturated carbocycles. The molecule has 0 bridgehead atoms. The summed E-state index contributed by atoms with van der Waals surface area (Å²) >= 11 is 0. The van der Waals surface area contributed by atoms with Crippen molar-refractivity contribution in [1.82, 2.24) is 4.98 Å². The number of carbonyl (C=O) groups is 1. The third kappa shape index (κ3) is 2.77. The van der Waals surface area contributed by atoms with Gasteiger partial charge in [0.25, 0.3) is 0 Å². The van der Waals surface area contributed by atoms with Gasteiger partial charge in [-0.05, 0) is 26.0 Å². The highest BCUT2D eigenvalue weighted by Gasteiger charge is 2.15. The average Bonchev–Trinajstić information content (AvgIpc) is 2.50. The molecule has 4 nitrogen and oxygen atoms in total. The summed E-state index contributed by atoms with van der Waals surface area (Å²) in [7, 11) is 0. The largest absolute Gasteiger partial charge is 0.355 e. The van der Waals surface area contributed by atoms with Crippen LogP contribution in [0.3, 0.4) is 0 Å². The molecular weight excluding hydrogens is 250 g/mol. The smallest absolute Gasteiger partial charge is 0.153 e. The maximum Gasteiger partial charge on any atom is 0.153 e. The van der Waals surface area contributed by atoms with E-state index in [4.69, 9.17) is 5.26 Å². The molecule has 1 aromatic heterocycles. The Bertz CT molecular complexity index is 660. The highest BCUT2D eigenvalue weighted by Crippen LogP contribution is 2.23. The fourth-order valence-electron chi connectivity index (χ4n) is 2.20. The molecule has 0 fully saturated rings. The molecule has 0 aliphatic heterocycles. The van der Waals surface area contributed by atoms with Gasteiger partial charge < -0.3 is 4.90 Å². The van der Waals surface area contributed by atoms with Crippen LogP contribution in [-0.4, -0.2) is 24.4 Å². The number of aldehydes is 1. The van der Waals surface area contributed by atoms with Gasteiger partial charge in [-0.2, -0.15) is 5.26 Å². The number of para-hydroxylation sites is 1. The van der Waals surface area contributed by atoms with Crippen molar-refractivity contribution in [2.75, 3.05) is 18.0 Å². The molecule has 0 spiro atoms. The second kappa shape index (κ2) is 6.16. The highest BCUT2D eigenvalue weighted by molar-refractivity contribution is 5.91. The Morgan fingerprint density at radius 3 is 2.85 bits per heavy atom. The summed E-state index contributed by atoms with van der Waals surface area (Å²) in [4.78, 5) is 17.9. The Morgan fingerprint density at radius 2 is 2.20 bits per heavy atom. The quantitative estimate of drug-likeness (QED) is 0.781. The summed E-state index contributed by atoms with van der Waals surface area (Å²) in [6, 6.07) is 11.8. The van der Waals surface area contributed by atoms with Crippen molar-refractivity contribution >= 4 is 23.0 Å². The summed E-state index contributed by atoms with van der Waals surface area (Å²) in [6.07, 6.45) is 0.828. The Morgan fingerprint density at radius 1 is 1.45 bits per heavy atom. The highest BCUT2D eigenvalue weighted by atomic mass is 16.1. The minimum absolute atomic E-state index is 0.109. The fraction of sp³-hybridized carbons (Fsp3) is 0.312. The first kappa shape index (κ1) is 14.0. The number of benzene rings is 1. The van der Waals surface area contributed by atoms with E-state index in [0.717, 1.165) is 17.2 Å². The van der Waals surface area contributed by atoms with E-state index in [1.807, 2.05) is 49.1 Å². The summed E-state index contributed by atoms with van der Waals surface area (Å²) in [5.41, 5.74) is 1.42. The number of hydrogen-bond donors (Lipinski definition) is 0. The van der Waals surface area contributed by atoms with Crippen LogP contribution >= 0.6 is 0 Å². The van der Waals surface area contributed by atoms with Crippen molar-refractivity contribution in [3.8, 4) is 6.07 Å². The Kier molecular flexibility index (Phi) is 4.31. The van der Waals surface area contributed by atoms with E-state index in [-0.39, 0.29) is 5.92 Å². The van der Waals surface area contributed by atoms with Crippen LogP contribution in [0, 0.1) is 17.2 Å². The number of nitrogens with zero attached hydrogens (tertiary/aromatic N) is 3. The molecular formula is C16H17N3O. The maximum absolute atomic E-state index is 11.3. The Hall–Kier alpha value is -2.41. The monoisotopic (exact) mass is 267 g/mol. The van der Waals surface area contributed by atoms with Gasteiger partial charge in [0.15, 0.2) is 6.29 Å². The molecule has 0 saturated heterocycles. The van der Waals surface area contributed by atoms with Crippen LogP contribution in [0.2, 0.25) is 0 Å². The van der Waals surface area contributed by atoms with E-state index in [9.17, 15) is 4.79 Å². The third-order valence-corrected chi connectivity index (χ3v) is 3.26. The van der Waals surface area contributed by atoms with Crippen molar-refractivity contribution in [1.29, 1.82) is 5.26 Å². The van der Waals surface area contributed by atoms with Crippen LogP contribution < -0.4 is 4.90 Å². The zero-order valence-electron chi connectivity index (χ0n) is 11.7. The molecule has 102 valence electrons. The van der Waals surface area contributed by atoms with E-state index in [2.05, 4.69) is 11.1 Å². The van der Waals surface area contributed by atoms with Gasteiger partial charge in [-0.1, -0.05) is 18.2 Å². The predicted octanol–water partition coefficient (Wildman–Crippen LogP) is 3.03. The normalized spacial score (nSPS) is 11.8. The minimum atomic E-state index is -0.109. The maximum atomic E-state index is 11.3.